The third-order valence-electron chi connectivity index (χ3n) is 2.03. The number of carbonyl (C=O) groups is 1. The molecule has 0 aliphatic carbocycles. The number of alkyl carbamates (subject to hydrolysis) is 1. The molecule has 0 saturated carbocycles. The summed E-state index contributed by atoms with van der Waals surface area (Å²) < 4.78 is 6.72. The Morgan fingerprint density at radius 2 is 2.29 bits per heavy atom. The van der Waals surface area contributed by atoms with Gasteiger partial charge in [0.05, 0.1) is 17.9 Å². The standard InChI is InChI=1S/C10H19N5O2/c1-10(2,3)17-9(16)13-7(5-11)8-6-12-14-15(8)4/h6-7H,5,11H2,1-4H3,(H,13,16). The molecule has 17 heavy (non-hydrogen) atoms. The quantitative estimate of drug-likeness (QED) is 0.795. The lowest BCUT2D eigenvalue weighted by Crippen LogP contribution is -2.38. The van der Waals surface area contributed by atoms with Crippen LogP contribution in [0.2, 0.25) is 0 Å². The molecule has 0 radical (unpaired) electrons. The summed E-state index contributed by atoms with van der Waals surface area (Å²) in [6.45, 7) is 5.65. The molecule has 0 fully saturated rings. The molecular formula is C10H19N5O2. The maximum atomic E-state index is 11.6. The zero-order valence-electron chi connectivity index (χ0n) is 10.6. The van der Waals surface area contributed by atoms with Crippen molar-refractivity contribution in [2.24, 2.45) is 12.8 Å². The molecule has 3 N–H and O–H groups in total. The van der Waals surface area contributed by atoms with Gasteiger partial charge in [0, 0.05) is 13.6 Å². The van der Waals surface area contributed by atoms with Gasteiger partial charge in [0.2, 0.25) is 0 Å². The highest BCUT2D eigenvalue weighted by atomic mass is 16.6. The minimum absolute atomic E-state index is 0.250. The lowest BCUT2D eigenvalue weighted by Gasteiger charge is -2.22. The van der Waals surface area contributed by atoms with Crippen molar-refractivity contribution in [2.75, 3.05) is 6.54 Å². The smallest absolute Gasteiger partial charge is 0.408 e. The monoisotopic (exact) mass is 241 g/mol. The number of aryl methyl sites for hydroxylation is 1. The Bertz CT molecular complexity index is 382. The number of amides is 1. The molecule has 1 rings (SSSR count). The number of nitrogens with one attached hydrogen (secondary N) is 1. The third kappa shape index (κ3) is 4.03. The Hall–Kier alpha value is -1.63. The van der Waals surface area contributed by atoms with Gasteiger partial charge in [0.15, 0.2) is 0 Å². The van der Waals surface area contributed by atoms with Gasteiger partial charge in [0.25, 0.3) is 0 Å². The zero-order valence-corrected chi connectivity index (χ0v) is 10.6. The summed E-state index contributed by atoms with van der Waals surface area (Å²) in [6.07, 6.45) is 1.06. The Labute approximate surface area is 100 Å². The van der Waals surface area contributed by atoms with Crippen LogP contribution < -0.4 is 11.1 Å². The van der Waals surface area contributed by atoms with Gasteiger partial charge in [0.1, 0.15) is 5.60 Å². The average Bonchev–Trinajstić information content (AvgIpc) is 2.58. The van der Waals surface area contributed by atoms with E-state index in [1.807, 2.05) is 0 Å². The van der Waals surface area contributed by atoms with Crippen molar-refractivity contribution in [1.82, 2.24) is 20.3 Å². The Morgan fingerprint density at radius 3 is 2.71 bits per heavy atom. The second-order valence-corrected chi connectivity index (χ2v) is 4.72. The Balaban J connectivity index is 2.66. The first-order chi connectivity index (χ1) is 7.83. The van der Waals surface area contributed by atoms with E-state index in [0.717, 1.165) is 5.69 Å². The van der Waals surface area contributed by atoms with E-state index in [2.05, 4.69) is 15.6 Å². The summed E-state index contributed by atoms with van der Waals surface area (Å²) in [5.74, 6) is 0. The summed E-state index contributed by atoms with van der Waals surface area (Å²) >= 11 is 0. The molecule has 1 heterocycles. The molecule has 7 nitrogen and oxygen atoms in total. The van der Waals surface area contributed by atoms with Crippen molar-refractivity contribution < 1.29 is 9.53 Å². The maximum Gasteiger partial charge on any atom is 0.408 e. The van der Waals surface area contributed by atoms with Crippen molar-refractivity contribution in [2.45, 2.75) is 32.4 Å². The van der Waals surface area contributed by atoms with Gasteiger partial charge in [-0.1, -0.05) is 5.21 Å². The fourth-order valence-electron chi connectivity index (χ4n) is 1.32. The molecule has 0 spiro atoms. The number of rotatable bonds is 3. The van der Waals surface area contributed by atoms with Crippen LogP contribution in [0.25, 0.3) is 0 Å². The van der Waals surface area contributed by atoms with Crippen LogP contribution in [-0.4, -0.2) is 33.2 Å². The second-order valence-electron chi connectivity index (χ2n) is 4.72. The van der Waals surface area contributed by atoms with Crippen molar-refractivity contribution in [1.29, 1.82) is 0 Å². The number of aromatic nitrogens is 3. The van der Waals surface area contributed by atoms with E-state index in [0.29, 0.717) is 0 Å². The van der Waals surface area contributed by atoms with Crippen molar-refractivity contribution in [3.8, 4) is 0 Å². The molecular weight excluding hydrogens is 222 g/mol. The van der Waals surface area contributed by atoms with E-state index < -0.39 is 11.7 Å². The molecule has 96 valence electrons. The molecule has 0 aromatic carbocycles. The lowest BCUT2D eigenvalue weighted by molar-refractivity contribution is 0.0503. The molecule has 1 atom stereocenters. The zero-order chi connectivity index (χ0) is 13.1. The Morgan fingerprint density at radius 1 is 1.65 bits per heavy atom. The molecule has 0 aliphatic heterocycles. The molecule has 1 aromatic heterocycles. The van der Waals surface area contributed by atoms with Crippen molar-refractivity contribution in [3.63, 3.8) is 0 Å². The second kappa shape index (κ2) is 5.13. The first-order valence-corrected chi connectivity index (χ1v) is 5.37. The van der Waals surface area contributed by atoms with E-state index in [1.54, 1.807) is 38.7 Å². The molecule has 7 heteroatoms. The predicted octanol–water partition coefficient (Wildman–Crippen LogP) is 0.340. The first-order valence-electron chi connectivity index (χ1n) is 5.37. The predicted molar refractivity (Wildman–Crippen MR) is 62.2 cm³/mol. The normalized spacial score (nSPS) is 13.2. The number of ether oxygens (including phenoxy) is 1. The summed E-state index contributed by atoms with van der Waals surface area (Å²) in [5, 5.41) is 10.2. The largest absolute Gasteiger partial charge is 0.444 e. The first kappa shape index (κ1) is 13.4. The van der Waals surface area contributed by atoms with Crippen LogP contribution in [-0.2, 0) is 11.8 Å². The Kier molecular flexibility index (Phi) is 4.06. The van der Waals surface area contributed by atoms with Crippen LogP contribution in [0.1, 0.15) is 32.5 Å². The topological polar surface area (TPSA) is 95.1 Å². The highest BCUT2D eigenvalue weighted by Crippen LogP contribution is 2.11. The minimum Gasteiger partial charge on any atom is -0.444 e. The van der Waals surface area contributed by atoms with Gasteiger partial charge < -0.3 is 15.8 Å². The number of carbonyl (C=O) groups excluding carboxylic acids is 1. The van der Waals surface area contributed by atoms with Crippen LogP contribution in [0.4, 0.5) is 4.79 Å². The third-order valence-corrected chi connectivity index (χ3v) is 2.03. The van der Waals surface area contributed by atoms with E-state index in [1.165, 1.54) is 0 Å². The van der Waals surface area contributed by atoms with E-state index in [4.69, 9.17) is 10.5 Å². The van der Waals surface area contributed by atoms with E-state index in [9.17, 15) is 4.79 Å². The van der Waals surface area contributed by atoms with Crippen molar-refractivity contribution >= 4 is 6.09 Å². The number of hydrogen-bond donors (Lipinski definition) is 2. The average molecular weight is 241 g/mol. The minimum atomic E-state index is -0.534. The molecule has 1 aromatic rings. The van der Waals surface area contributed by atoms with Gasteiger partial charge in [-0.3, -0.25) is 4.68 Å². The summed E-state index contributed by atoms with van der Waals surface area (Å²) in [4.78, 5) is 11.6. The van der Waals surface area contributed by atoms with Gasteiger partial charge in [-0.25, -0.2) is 4.79 Å². The van der Waals surface area contributed by atoms with Gasteiger partial charge >= 0.3 is 6.09 Å². The number of nitrogens with two attached hydrogens (primary N) is 1. The van der Waals surface area contributed by atoms with Gasteiger partial charge in [-0.15, -0.1) is 5.10 Å². The van der Waals surface area contributed by atoms with Crippen LogP contribution in [0.3, 0.4) is 0 Å². The van der Waals surface area contributed by atoms with Crippen LogP contribution in [0.5, 0.6) is 0 Å². The lowest BCUT2D eigenvalue weighted by atomic mass is 10.2. The molecule has 0 bridgehead atoms. The van der Waals surface area contributed by atoms with E-state index in [-0.39, 0.29) is 12.6 Å². The summed E-state index contributed by atoms with van der Waals surface area (Å²) in [5.41, 5.74) is 5.81. The SMILES string of the molecule is Cn1nncc1C(CN)NC(=O)OC(C)(C)C. The van der Waals surface area contributed by atoms with Crippen LogP contribution in [0.15, 0.2) is 6.20 Å². The molecule has 1 unspecified atom stereocenters. The molecule has 1 amide bonds. The van der Waals surface area contributed by atoms with Crippen LogP contribution in [0, 0.1) is 0 Å². The molecule has 0 aliphatic rings. The van der Waals surface area contributed by atoms with Gasteiger partial charge in [-0.05, 0) is 20.8 Å². The fraction of sp³-hybridized carbons (Fsp3) is 0.700. The van der Waals surface area contributed by atoms with Crippen molar-refractivity contribution in [3.05, 3.63) is 11.9 Å². The summed E-state index contributed by atoms with van der Waals surface area (Å²) in [6, 6.07) is -0.357. The maximum absolute atomic E-state index is 11.6. The highest BCUT2D eigenvalue weighted by Gasteiger charge is 2.21. The molecule has 0 saturated heterocycles. The summed E-state index contributed by atoms with van der Waals surface area (Å²) in [7, 11) is 1.74. The highest BCUT2D eigenvalue weighted by molar-refractivity contribution is 5.68. The number of nitrogens with zero attached hydrogens (tertiary/aromatic N) is 3. The van der Waals surface area contributed by atoms with Gasteiger partial charge in [-0.2, -0.15) is 0 Å². The number of hydrogen-bond acceptors (Lipinski definition) is 5. The fourth-order valence-corrected chi connectivity index (χ4v) is 1.32. The van der Waals surface area contributed by atoms with E-state index >= 15 is 0 Å². The van der Waals surface area contributed by atoms with Crippen LogP contribution >= 0.6 is 0 Å².